The molecule has 1 aromatic rings. The molecule has 7 heteroatoms. The highest BCUT2D eigenvalue weighted by Gasteiger charge is 2.60. The Kier molecular flexibility index (Phi) is 3.91. The van der Waals surface area contributed by atoms with E-state index in [1.54, 1.807) is 0 Å². The number of aryl methyl sites for hydroxylation is 2. The first-order valence-corrected chi connectivity index (χ1v) is 8.14. The Morgan fingerprint density at radius 3 is 2.70 bits per heavy atom. The Hall–Kier alpha value is -1.89. The lowest BCUT2D eigenvalue weighted by molar-refractivity contribution is -0.136. The molecule has 1 aliphatic carbocycles. The van der Waals surface area contributed by atoms with Crippen LogP contribution < -0.4 is 10.6 Å². The zero-order valence-electron chi connectivity index (χ0n) is 13.7. The normalized spacial score (nSPS) is 24.7. The van der Waals surface area contributed by atoms with Gasteiger partial charge in [0.05, 0.1) is 6.61 Å². The van der Waals surface area contributed by atoms with Gasteiger partial charge >= 0.3 is 11.8 Å². The van der Waals surface area contributed by atoms with E-state index >= 15 is 0 Å². The number of hydrogen-bond donors (Lipinski definition) is 3. The zero-order chi connectivity index (χ0) is 16.7. The zero-order valence-corrected chi connectivity index (χ0v) is 13.7. The lowest BCUT2D eigenvalue weighted by atomic mass is 9.97. The first-order chi connectivity index (χ1) is 10.9. The summed E-state index contributed by atoms with van der Waals surface area (Å²) in [5.74, 6) is -0.982. The molecule has 0 saturated heterocycles. The molecule has 3 rings (SSSR count). The Balaban J connectivity index is 1.54. The third-order valence-corrected chi connectivity index (χ3v) is 5.34. The standard InChI is InChI=1S/C16H24N4O3/c1-15(2)8-16(15,10-21)9-17-13(22)14(23)18-12-7-11-5-3-4-6-20(11)19-12/h7,21H,3-6,8-10H2,1-2H3,(H,17,22)(H,18,19,23). The van der Waals surface area contributed by atoms with Crippen LogP contribution in [0.3, 0.4) is 0 Å². The molecule has 0 bridgehead atoms. The highest BCUT2D eigenvalue weighted by molar-refractivity contribution is 6.39. The summed E-state index contributed by atoms with van der Waals surface area (Å²) >= 11 is 0. The van der Waals surface area contributed by atoms with Crippen molar-refractivity contribution in [3.05, 3.63) is 11.8 Å². The van der Waals surface area contributed by atoms with Crippen molar-refractivity contribution in [2.75, 3.05) is 18.5 Å². The maximum atomic E-state index is 12.0. The van der Waals surface area contributed by atoms with Crippen molar-refractivity contribution in [1.82, 2.24) is 15.1 Å². The first-order valence-electron chi connectivity index (χ1n) is 8.14. The van der Waals surface area contributed by atoms with E-state index in [4.69, 9.17) is 0 Å². The number of amides is 2. The van der Waals surface area contributed by atoms with Crippen molar-refractivity contribution in [1.29, 1.82) is 0 Å². The fraction of sp³-hybridized carbons (Fsp3) is 0.688. The molecule has 3 N–H and O–H groups in total. The van der Waals surface area contributed by atoms with E-state index < -0.39 is 11.8 Å². The summed E-state index contributed by atoms with van der Waals surface area (Å²) < 4.78 is 1.88. The predicted octanol–water partition coefficient (Wildman–Crippen LogP) is 0.683. The summed E-state index contributed by atoms with van der Waals surface area (Å²) in [4.78, 5) is 23.9. The number of fused-ring (bicyclic) bond motifs is 1. The molecule has 0 radical (unpaired) electrons. The summed E-state index contributed by atoms with van der Waals surface area (Å²) in [6, 6.07) is 1.82. The smallest absolute Gasteiger partial charge is 0.314 e. The van der Waals surface area contributed by atoms with Crippen molar-refractivity contribution in [3.63, 3.8) is 0 Å². The van der Waals surface area contributed by atoms with Gasteiger partial charge < -0.3 is 15.7 Å². The minimum absolute atomic E-state index is 0.00552. The second-order valence-corrected chi connectivity index (χ2v) is 7.34. The number of nitrogens with one attached hydrogen (secondary N) is 2. The van der Waals surface area contributed by atoms with Crippen LogP contribution in [-0.2, 0) is 22.6 Å². The molecule has 1 unspecified atom stereocenters. The number of carbonyl (C=O) groups excluding carboxylic acids is 2. The van der Waals surface area contributed by atoms with Crippen LogP contribution >= 0.6 is 0 Å². The van der Waals surface area contributed by atoms with Gasteiger partial charge in [-0.15, -0.1) is 0 Å². The van der Waals surface area contributed by atoms with Crippen LogP contribution in [0.1, 0.15) is 38.8 Å². The van der Waals surface area contributed by atoms with Crippen molar-refractivity contribution >= 4 is 17.6 Å². The number of carbonyl (C=O) groups is 2. The van der Waals surface area contributed by atoms with Gasteiger partial charge in [0.25, 0.3) is 0 Å². The van der Waals surface area contributed by atoms with E-state index in [1.165, 1.54) is 0 Å². The van der Waals surface area contributed by atoms with Gasteiger partial charge in [0.2, 0.25) is 0 Å². The van der Waals surface area contributed by atoms with Crippen molar-refractivity contribution in [3.8, 4) is 0 Å². The fourth-order valence-corrected chi connectivity index (χ4v) is 3.41. The summed E-state index contributed by atoms with van der Waals surface area (Å²) in [5, 5.41) is 19.0. The van der Waals surface area contributed by atoms with Gasteiger partial charge in [-0.3, -0.25) is 14.3 Å². The molecular formula is C16H24N4O3. The molecule has 2 heterocycles. The van der Waals surface area contributed by atoms with Crippen LogP contribution in [0, 0.1) is 10.8 Å². The monoisotopic (exact) mass is 320 g/mol. The molecule has 1 atom stereocenters. The number of aliphatic hydroxyl groups excluding tert-OH is 1. The summed E-state index contributed by atoms with van der Waals surface area (Å²) in [7, 11) is 0. The highest BCUT2D eigenvalue weighted by atomic mass is 16.3. The fourth-order valence-electron chi connectivity index (χ4n) is 3.41. The van der Waals surface area contributed by atoms with Crippen LogP contribution in [0.2, 0.25) is 0 Å². The second-order valence-electron chi connectivity index (χ2n) is 7.34. The van der Waals surface area contributed by atoms with Gasteiger partial charge in [-0.25, -0.2) is 0 Å². The number of rotatable bonds is 4. The average Bonchev–Trinajstić information content (AvgIpc) is 2.87. The van der Waals surface area contributed by atoms with Gasteiger partial charge in [0.15, 0.2) is 5.82 Å². The second kappa shape index (κ2) is 5.63. The largest absolute Gasteiger partial charge is 0.396 e. The molecule has 1 saturated carbocycles. The number of aliphatic hydroxyl groups is 1. The van der Waals surface area contributed by atoms with Crippen molar-refractivity contribution in [2.45, 2.75) is 46.1 Å². The number of aromatic nitrogens is 2. The van der Waals surface area contributed by atoms with Crippen LogP contribution in [0.25, 0.3) is 0 Å². The van der Waals surface area contributed by atoms with Crippen LogP contribution in [0.5, 0.6) is 0 Å². The molecule has 0 aromatic carbocycles. The van der Waals surface area contributed by atoms with Gasteiger partial charge in [-0.2, -0.15) is 5.10 Å². The molecule has 2 amide bonds. The summed E-state index contributed by atoms with van der Waals surface area (Å²) in [6.07, 6.45) is 4.00. The van der Waals surface area contributed by atoms with E-state index in [0.29, 0.717) is 12.4 Å². The van der Waals surface area contributed by atoms with Crippen LogP contribution in [-0.4, -0.2) is 39.9 Å². The maximum Gasteiger partial charge on any atom is 0.314 e. The number of hydrogen-bond acceptors (Lipinski definition) is 4. The Labute approximate surface area is 135 Å². The highest BCUT2D eigenvalue weighted by Crippen LogP contribution is 2.62. The first kappa shape index (κ1) is 16.0. The Morgan fingerprint density at radius 1 is 1.35 bits per heavy atom. The van der Waals surface area contributed by atoms with Crippen molar-refractivity contribution in [2.24, 2.45) is 10.8 Å². The predicted molar refractivity (Wildman–Crippen MR) is 84.7 cm³/mol. The molecule has 1 fully saturated rings. The van der Waals surface area contributed by atoms with Crippen LogP contribution in [0.4, 0.5) is 5.82 Å². The number of anilines is 1. The number of nitrogens with zero attached hydrogens (tertiary/aromatic N) is 2. The Morgan fingerprint density at radius 2 is 2.09 bits per heavy atom. The van der Waals surface area contributed by atoms with Gasteiger partial charge in [-0.05, 0) is 31.1 Å². The third kappa shape index (κ3) is 2.97. The minimum Gasteiger partial charge on any atom is -0.396 e. The molecule has 1 aliphatic heterocycles. The van der Waals surface area contributed by atoms with Crippen molar-refractivity contribution < 1.29 is 14.7 Å². The maximum absolute atomic E-state index is 12.0. The van der Waals surface area contributed by atoms with E-state index in [9.17, 15) is 14.7 Å². The average molecular weight is 320 g/mol. The minimum atomic E-state index is -0.716. The SMILES string of the molecule is CC1(C)CC1(CO)CNC(=O)C(=O)Nc1cc2n(n1)CCCC2. The van der Waals surface area contributed by atoms with Crippen LogP contribution in [0.15, 0.2) is 6.07 Å². The van der Waals surface area contributed by atoms with E-state index in [-0.39, 0.29) is 17.4 Å². The Bertz CT molecular complexity index is 614. The molecule has 126 valence electrons. The third-order valence-electron chi connectivity index (χ3n) is 5.34. The van der Waals surface area contributed by atoms with E-state index in [0.717, 1.165) is 37.9 Å². The molecule has 0 spiro atoms. The lowest BCUT2D eigenvalue weighted by Crippen LogP contribution is -2.40. The molecule has 2 aliphatic rings. The van der Waals surface area contributed by atoms with Gasteiger partial charge in [-0.1, -0.05) is 13.8 Å². The lowest BCUT2D eigenvalue weighted by Gasteiger charge is -2.18. The van der Waals surface area contributed by atoms with E-state index in [1.807, 2.05) is 24.6 Å². The van der Waals surface area contributed by atoms with E-state index in [2.05, 4.69) is 15.7 Å². The molecule has 23 heavy (non-hydrogen) atoms. The molecular weight excluding hydrogens is 296 g/mol. The summed E-state index contributed by atoms with van der Waals surface area (Å²) in [5.41, 5.74) is 0.774. The van der Waals surface area contributed by atoms with Gasteiger partial charge in [0, 0.05) is 30.3 Å². The topological polar surface area (TPSA) is 96.3 Å². The molecule has 1 aromatic heterocycles. The quantitative estimate of drug-likeness (QED) is 0.711. The summed E-state index contributed by atoms with van der Waals surface area (Å²) in [6.45, 7) is 5.26. The molecule has 7 nitrogen and oxygen atoms in total. The van der Waals surface area contributed by atoms with Gasteiger partial charge in [0.1, 0.15) is 0 Å².